The first-order chi connectivity index (χ1) is 11.8. The molecule has 0 N–H and O–H groups in total. The van der Waals surface area contributed by atoms with E-state index in [0.717, 1.165) is 36.0 Å². The predicted octanol–water partition coefficient (Wildman–Crippen LogP) is 5.18. The van der Waals surface area contributed by atoms with Crippen molar-refractivity contribution in [1.29, 1.82) is 0 Å². The first-order valence-corrected chi connectivity index (χ1v) is 9.46. The second-order valence-electron chi connectivity index (χ2n) is 6.07. The minimum Gasteiger partial charge on any atom is -0.419 e. The van der Waals surface area contributed by atoms with E-state index in [0.29, 0.717) is 5.89 Å². The SMILES string of the molecule is Clc1cccc(CN2CCCCC2c2nnc(-c3ccsc3)o2)c1. The number of hydrogen-bond acceptors (Lipinski definition) is 5. The summed E-state index contributed by atoms with van der Waals surface area (Å²) in [7, 11) is 0. The number of hydrogen-bond donors (Lipinski definition) is 0. The minimum atomic E-state index is 0.178. The van der Waals surface area contributed by atoms with Crippen molar-refractivity contribution in [3.05, 3.63) is 57.6 Å². The van der Waals surface area contributed by atoms with Crippen LogP contribution in [0, 0.1) is 0 Å². The van der Waals surface area contributed by atoms with Gasteiger partial charge in [0.25, 0.3) is 0 Å². The molecule has 1 atom stereocenters. The van der Waals surface area contributed by atoms with Gasteiger partial charge in [-0.2, -0.15) is 11.3 Å². The van der Waals surface area contributed by atoms with Crippen molar-refractivity contribution in [2.75, 3.05) is 6.54 Å². The molecule has 1 saturated heterocycles. The number of thiophene rings is 1. The highest BCUT2D eigenvalue weighted by molar-refractivity contribution is 7.08. The van der Waals surface area contributed by atoms with Gasteiger partial charge in [0.05, 0.1) is 6.04 Å². The number of rotatable bonds is 4. The lowest BCUT2D eigenvalue weighted by Gasteiger charge is -2.33. The van der Waals surface area contributed by atoms with E-state index in [4.69, 9.17) is 16.0 Å². The van der Waals surface area contributed by atoms with E-state index in [-0.39, 0.29) is 6.04 Å². The van der Waals surface area contributed by atoms with E-state index in [9.17, 15) is 0 Å². The number of aromatic nitrogens is 2. The second-order valence-corrected chi connectivity index (χ2v) is 7.29. The Hall–Kier alpha value is -1.69. The standard InChI is InChI=1S/C18H18ClN3OS/c19-15-5-3-4-13(10-15)11-22-8-2-1-6-16(22)18-21-20-17(23-18)14-7-9-24-12-14/h3-5,7,9-10,12,16H,1-2,6,8,11H2. The van der Waals surface area contributed by atoms with Crippen molar-refractivity contribution >= 4 is 22.9 Å². The van der Waals surface area contributed by atoms with E-state index >= 15 is 0 Å². The summed E-state index contributed by atoms with van der Waals surface area (Å²) >= 11 is 7.75. The third-order valence-corrected chi connectivity index (χ3v) is 5.30. The van der Waals surface area contributed by atoms with Crippen LogP contribution < -0.4 is 0 Å². The van der Waals surface area contributed by atoms with Gasteiger partial charge in [0, 0.05) is 22.5 Å². The summed E-state index contributed by atoms with van der Waals surface area (Å²) in [4.78, 5) is 2.42. The van der Waals surface area contributed by atoms with E-state index in [2.05, 4.69) is 21.2 Å². The number of nitrogens with zero attached hydrogens (tertiary/aromatic N) is 3. The maximum absolute atomic E-state index is 6.12. The largest absolute Gasteiger partial charge is 0.419 e. The Kier molecular flexibility index (Phi) is 4.65. The van der Waals surface area contributed by atoms with Gasteiger partial charge in [-0.15, -0.1) is 10.2 Å². The molecule has 6 heteroatoms. The van der Waals surface area contributed by atoms with Gasteiger partial charge in [-0.3, -0.25) is 4.90 Å². The summed E-state index contributed by atoms with van der Waals surface area (Å²) in [5.41, 5.74) is 2.21. The Morgan fingerprint density at radius 2 is 2.21 bits per heavy atom. The topological polar surface area (TPSA) is 42.2 Å². The molecule has 1 fully saturated rings. The van der Waals surface area contributed by atoms with Crippen LogP contribution >= 0.6 is 22.9 Å². The lowest BCUT2D eigenvalue weighted by atomic mass is 10.0. The smallest absolute Gasteiger partial charge is 0.248 e. The Morgan fingerprint density at radius 1 is 1.25 bits per heavy atom. The fourth-order valence-corrected chi connectivity index (χ4v) is 4.04. The third-order valence-electron chi connectivity index (χ3n) is 4.38. The molecule has 0 amide bonds. The molecule has 1 unspecified atom stereocenters. The fourth-order valence-electron chi connectivity index (χ4n) is 3.20. The molecule has 4 rings (SSSR count). The van der Waals surface area contributed by atoms with Crippen molar-refractivity contribution in [2.24, 2.45) is 0 Å². The Morgan fingerprint density at radius 3 is 3.04 bits per heavy atom. The maximum atomic E-state index is 6.12. The zero-order valence-electron chi connectivity index (χ0n) is 13.2. The van der Waals surface area contributed by atoms with Crippen LogP contribution in [-0.4, -0.2) is 21.6 Å². The quantitative estimate of drug-likeness (QED) is 0.643. The zero-order chi connectivity index (χ0) is 16.4. The van der Waals surface area contributed by atoms with Gasteiger partial charge >= 0.3 is 0 Å². The lowest BCUT2D eigenvalue weighted by molar-refractivity contribution is 0.118. The molecule has 2 aromatic heterocycles. The molecule has 0 saturated carbocycles. The molecule has 124 valence electrons. The molecule has 4 nitrogen and oxygen atoms in total. The molecule has 3 aromatic rings. The summed E-state index contributed by atoms with van der Waals surface area (Å²) in [6.07, 6.45) is 3.43. The fraction of sp³-hybridized carbons (Fsp3) is 0.333. The Balaban J connectivity index is 1.56. The van der Waals surface area contributed by atoms with Gasteiger partial charge in [-0.1, -0.05) is 30.2 Å². The molecule has 1 aromatic carbocycles. The number of benzene rings is 1. The Labute approximate surface area is 150 Å². The van der Waals surface area contributed by atoms with Crippen LogP contribution in [0.15, 0.2) is 45.5 Å². The summed E-state index contributed by atoms with van der Waals surface area (Å²) in [5.74, 6) is 1.33. The van der Waals surface area contributed by atoms with Crippen molar-refractivity contribution in [2.45, 2.75) is 31.8 Å². The number of likely N-dealkylation sites (tertiary alicyclic amines) is 1. The first-order valence-electron chi connectivity index (χ1n) is 8.14. The lowest BCUT2D eigenvalue weighted by Crippen LogP contribution is -2.33. The van der Waals surface area contributed by atoms with Crippen molar-refractivity contribution in [3.8, 4) is 11.5 Å². The molecule has 1 aliphatic heterocycles. The van der Waals surface area contributed by atoms with Crippen molar-refractivity contribution < 1.29 is 4.42 Å². The maximum Gasteiger partial charge on any atom is 0.248 e. The molecule has 24 heavy (non-hydrogen) atoms. The number of piperidine rings is 1. The van der Waals surface area contributed by atoms with Crippen molar-refractivity contribution in [3.63, 3.8) is 0 Å². The van der Waals surface area contributed by atoms with Gasteiger partial charge in [-0.25, -0.2) is 0 Å². The average Bonchev–Trinajstić information content (AvgIpc) is 3.27. The molecular weight excluding hydrogens is 342 g/mol. The second kappa shape index (κ2) is 7.05. The summed E-state index contributed by atoms with van der Waals surface area (Å²) < 4.78 is 5.98. The van der Waals surface area contributed by atoms with Crippen LogP contribution in [0.25, 0.3) is 11.5 Å². The van der Waals surface area contributed by atoms with Gasteiger partial charge in [-0.05, 0) is 48.5 Å². The van der Waals surface area contributed by atoms with Crippen LogP contribution in [0.5, 0.6) is 0 Å². The predicted molar refractivity (Wildman–Crippen MR) is 96.1 cm³/mol. The normalized spacial score (nSPS) is 18.8. The molecule has 0 bridgehead atoms. The van der Waals surface area contributed by atoms with Crippen LogP contribution in [0.2, 0.25) is 5.02 Å². The monoisotopic (exact) mass is 359 g/mol. The zero-order valence-corrected chi connectivity index (χ0v) is 14.8. The molecule has 3 heterocycles. The molecule has 0 spiro atoms. The minimum absolute atomic E-state index is 0.178. The van der Waals surface area contributed by atoms with Gasteiger partial charge < -0.3 is 4.42 Å². The summed E-state index contributed by atoms with van der Waals surface area (Å²) in [6, 6.07) is 10.2. The molecule has 0 aliphatic carbocycles. The van der Waals surface area contributed by atoms with Crippen LogP contribution in [0.4, 0.5) is 0 Å². The van der Waals surface area contributed by atoms with Gasteiger partial charge in [0.1, 0.15) is 0 Å². The molecule has 0 radical (unpaired) electrons. The summed E-state index contributed by atoms with van der Waals surface area (Å²) in [6.45, 7) is 1.88. The molecular formula is C18H18ClN3OS. The van der Waals surface area contributed by atoms with Crippen LogP contribution in [0.1, 0.15) is 36.8 Å². The molecule has 1 aliphatic rings. The van der Waals surface area contributed by atoms with Gasteiger partial charge in [0.15, 0.2) is 0 Å². The highest BCUT2D eigenvalue weighted by Gasteiger charge is 2.28. The summed E-state index contributed by atoms with van der Waals surface area (Å²) in [5, 5.41) is 13.4. The van der Waals surface area contributed by atoms with E-state index < -0.39 is 0 Å². The Bertz CT molecular complexity index is 802. The highest BCUT2D eigenvalue weighted by Crippen LogP contribution is 2.33. The van der Waals surface area contributed by atoms with Crippen LogP contribution in [-0.2, 0) is 6.54 Å². The average molecular weight is 360 g/mol. The van der Waals surface area contributed by atoms with Crippen LogP contribution in [0.3, 0.4) is 0 Å². The van der Waals surface area contributed by atoms with E-state index in [1.807, 2.05) is 35.0 Å². The number of halogens is 1. The first kappa shape index (κ1) is 15.8. The van der Waals surface area contributed by atoms with Crippen molar-refractivity contribution in [1.82, 2.24) is 15.1 Å². The van der Waals surface area contributed by atoms with Gasteiger partial charge in [0.2, 0.25) is 11.8 Å². The van der Waals surface area contributed by atoms with E-state index in [1.165, 1.54) is 18.4 Å². The third kappa shape index (κ3) is 3.38. The highest BCUT2D eigenvalue weighted by atomic mass is 35.5. The van der Waals surface area contributed by atoms with E-state index in [1.54, 1.807) is 11.3 Å².